The van der Waals surface area contributed by atoms with E-state index in [4.69, 9.17) is 4.18 Å². The maximum Gasteiger partial charge on any atom is 0.340 e. The summed E-state index contributed by atoms with van der Waals surface area (Å²) in [5.41, 5.74) is 1.04. The molecule has 0 amide bonds. The first-order chi connectivity index (χ1) is 9.29. The van der Waals surface area contributed by atoms with Crippen molar-refractivity contribution in [3.8, 4) is 5.88 Å². The Balaban J connectivity index is 2.27. The molecule has 0 fully saturated rings. The summed E-state index contributed by atoms with van der Waals surface area (Å²) in [5, 5.41) is 0. The molecule has 0 aliphatic carbocycles. The zero-order valence-electron chi connectivity index (χ0n) is 11.7. The number of aromatic nitrogens is 1. The molecule has 1 aromatic carbocycles. The van der Waals surface area contributed by atoms with Crippen LogP contribution in [0, 0.1) is 0 Å². The van der Waals surface area contributed by atoms with E-state index < -0.39 is 10.1 Å². The van der Waals surface area contributed by atoms with E-state index in [0.29, 0.717) is 0 Å². The Labute approximate surface area is 119 Å². The van der Waals surface area contributed by atoms with E-state index in [0.717, 1.165) is 5.56 Å². The standard InChI is InChI=1S/C15H17NO3S/c1-15(2,3)12-7-9-13(10-8-12)20(17,18)19-14-6-4-5-11-16-14/h4-11H,1-3H3. The van der Waals surface area contributed by atoms with Crippen molar-refractivity contribution in [2.75, 3.05) is 0 Å². The monoisotopic (exact) mass is 291 g/mol. The van der Waals surface area contributed by atoms with Gasteiger partial charge >= 0.3 is 10.1 Å². The number of rotatable bonds is 3. The number of hydrogen-bond donors (Lipinski definition) is 0. The van der Waals surface area contributed by atoms with Gasteiger partial charge in [0.25, 0.3) is 0 Å². The van der Waals surface area contributed by atoms with Crippen LogP contribution in [0.2, 0.25) is 0 Å². The van der Waals surface area contributed by atoms with E-state index in [-0.39, 0.29) is 16.2 Å². The normalized spacial score (nSPS) is 12.2. The molecule has 0 spiro atoms. The third-order valence-electron chi connectivity index (χ3n) is 2.84. The maximum absolute atomic E-state index is 12.1. The Bertz CT molecular complexity index is 671. The van der Waals surface area contributed by atoms with E-state index in [1.807, 2.05) is 0 Å². The first-order valence-corrected chi connectivity index (χ1v) is 7.66. The second-order valence-electron chi connectivity index (χ2n) is 5.48. The molecule has 2 rings (SSSR count). The lowest BCUT2D eigenvalue weighted by Crippen LogP contribution is -2.13. The largest absolute Gasteiger partial charge is 0.358 e. The Morgan fingerprint density at radius 2 is 1.65 bits per heavy atom. The fourth-order valence-corrected chi connectivity index (χ4v) is 2.57. The third kappa shape index (κ3) is 3.36. The Morgan fingerprint density at radius 1 is 1.00 bits per heavy atom. The van der Waals surface area contributed by atoms with E-state index in [1.54, 1.807) is 36.4 Å². The smallest absolute Gasteiger partial charge is 0.340 e. The highest BCUT2D eigenvalue weighted by Crippen LogP contribution is 2.24. The van der Waals surface area contributed by atoms with E-state index >= 15 is 0 Å². The summed E-state index contributed by atoms with van der Waals surface area (Å²) >= 11 is 0. The van der Waals surface area contributed by atoms with E-state index in [9.17, 15) is 8.42 Å². The van der Waals surface area contributed by atoms with Gasteiger partial charge in [-0.25, -0.2) is 4.98 Å². The predicted octanol–water partition coefficient (Wildman–Crippen LogP) is 3.15. The second-order valence-corrected chi connectivity index (χ2v) is 7.03. The quantitative estimate of drug-likeness (QED) is 0.815. The van der Waals surface area contributed by atoms with Crippen LogP contribution >= 0.6 is 0 Å². The maximum atomic E-state index is 12.1. The molecule has 0 aliphatic heterocycles. The first kappa shape index (κ1) is 14.5. The Hall–Kier alpha value is -1.88. The number of benzene rings is 1. The van der Waals surface area contributed by atoms with Crippen molar-refractivity contribution in [2.24, 2.45) is 0 Å². The van der Waals surface area contributed by atoms with Crippen molar-refractivity contribution in [3.63, 3.8) is 0 Å². The van der Waals surface area contributed by atoms with Crippen LogP contribution in [0.3, 0.4) is 0 Å². The van der Waals surface area contributed by atoms with Crippen LogP contribution in [0.1, 0.15) is 26.3 Å². The minimum Gasteiger partial charge on any atom is -0.358 e. The van der Waals surface area contributed by atoms with Crippen molar-refractivity contribution in [1.82, 2.24) is 4.98 Å². The van der Waals surface area contributed by atoms with Gasteiger partial charge in [0, 0.05) is 12.3 Å². The number of pyridine rings is 1. The van der Waals surface area contributed by atoms with Crippen LogP contribution in [0.25, 0.3) is 0 Å². The van der Waals surface area contributed by atoms with Crippen LogP contribution < -0.4 is 4.18 Å². The van der Waals surface area contributed by atoms with Gasteiger partial charge in [0.05, 0.1) is 0 Å². The summed E-state index contributed by atoms with van der Waals surface area (Å²) in [7, 11) is -3.84. The van der Waals surface area contributed by atoms with Gasteiger partial charge in [0.2, 0.25) is 5.88 Å². The van der Waals surface area contributed by atoms with Crippen LogP contribution in [-0.2, 0) is 15.5 Å². The van der Waals surface area contributed by atoms with Gasteiger partial charge in [-0.2, -0.15) is 8.42 Å². The molecule has 4 nitrogen and oxygen atoms in total. The summed E-state index contributed by atoms with van der Waals surface area (Å²) in [6, 6.07) is 11.6. The average molecular weight is 291 g/mol. The van der Waals surface area contributed by atoms with Crippen molar-refractivity contribution >= 4 is 10.1 Å². The van der Waals surface area contributed by atoms with Gasteiger partial charge in [0.1, 0.15) is 4.90 Å². The Morgan fingerprint density at radius 3 is 2.15 bits per heavy atom. The van der Waals surface area contributed by atoms with Crippen molar-refractivity contribution in [2.45, 2.75) is 31.1 Å². The lowest BCUT2D eigenvalue weighted by Gasteiger charge is -2.19. The fraction of sp³-hybridized carbons (Fsp3) is 0.267. The molecule has 20 heavy (non-hydrogen) atoms. The lowest BCUT2D eigenvalue weighted by molar-refractivity contribution is 0.476. The number of hydrogen-bond acceptors (Lipinski definition) is 4. The summed E-state index contributed by atoms with van der Waals surface area (Å²) in [6.45, 7) is 6.21. The number of nitrogens with zero attached hydrogens (tertiary/aromatic N) is 1. The van der Waals surface area contributed by atoms with Gasteiger partial charge in [-0.1, -0.05) is 39.0 Å². The lowest BCUT2D eigenvalue weighted by atomic mass is 9.87. The molecule has 0 aliphatic rings. The highest BCUT2D eigenvalue weighted by atomic mass is 32.2. The molecule has 1 heterocycles. The predicted molar refractivity (Wildman–Crippen MR) is 77.2 cm³/mol. The molecule has 106 valence electrons. The highest BCUT2D eigenvalue weighted by molar-refractivity contribution is 7.87. The molecule has 1 aromatic heterocycles. The molecule has 0 N–H and O–H groups in total. The van der Waals surface area contributed by atoms with E-state index in [1.165, 1.54) is 12.3 Å². The molecular weight excluding hydrogens is 274 g/mol. The zero-order valence-corrected chi connectivity index (χ0v) is 12.5. The van der Waals surface area contributed by atoms with Gasteiger partial charge in [0.15, 0.2) is 0 Å². The molecule has 0 radical (unpaired) electrons. The van der Waals surface area contributed by atoms with Crippen LogP contribution in [0.5, 0.6) is 5.88 Å². The molecule has 2 aromatic rings. The van der Waals surface area contributed by atoms with Crippen molar-refractivity contribution in [3.05, 3.63) is 54.2 Å². The molecule has 0 bridgehead atoms. The molecule has 0 unspecified atom stereocenters. The fourth-order valence-electron chi connectivity index (χ4n) is 1.68. The molecule has 0 saturated carbocycles. The molecule has 0 atom stereocenters. The summed E-state index contributed by atoms with van der Waals surface area (Å²) < 4.78 is 29.2. The highest BCUT2D eigenvalue weighted by Gasteiger charge is 2.19. The van der Waals surface area contributed by atoms with Gasteiger partial charge in [-0.3, -0.25) is 0 Å². The Kier molecular flexibility index (Phi) is 3.81. The SMILES string of the molecule is CC(C)(C)c1ccc(S(=O)(=O)Oc2ccccn2)cc1. The second kappa shape index (κ2) is 5.25. The topological polar surface area (TPSA) is 56.3 Å². The minimum atomic E-state index is -3.84. The molecular formula is C15H17NO3S. The first-order valence-electron chi connectivity index (χ1n) is 6.25. The van der Waals surface area contributed by atoms with Crippen LogP contribution in [-0.4, -0.2) is 13.4 Å². The van der Waals surface area contributed by atoms with E-state index in [2.05, 4.69) is 25.8 Å². The average Bonchev–Trinajstić information content (AvgIpc) is 2.38. The zero-order chi connectivity index (χ0) is 14.8. The minimum absolute atomic E-state index is 0.0237. The van der Waals surface area contributed by atoms with Crippen molar-refractivity contribution < 1.29 is 12.6 Å². The molecule has 5 heteroatoms. The summed E-state index contributed by atoms with van der Waals surface area (Å²) in [6.07, 6.45) is 1.48. The molecule has 0 saturated heterocycles. The van der Waals surface area contributed by atoms with Gasteiger partial charge < -0.3 is 4.18 Å². The van der Waals surface area contributed by atoms with Crippen molar-refractivity contribution in [1.29, 1.82) is 0 Å². The summed E-state index contributed by atoms with van der Waals surface area (Å²) in [5.74, 6) is 0.0624. The van der Waals surface area contributed by atoms with Crippen LogP contribution in [0.4, 0.5) is 0 Å². The van der Waals surface area contributed by atoms with Crippen LogP contribution in [0.15, 0.2) is 53.6 Å². The van der Waals surface area contributed by atoms with Gasteiger partial charge in [-0.15, -0.1) is 0 Å². The third-order valence-corrected chi connectivity index (χ3v) is 4.08. The van der Waals surface area contributed by atoms with Gasteiger partial charge in [-0.05, 0) is 29.2 Å². The summed E-state index contributed by atoms with van der Waals surface area (Å²) in [4.78, 5) is 3.97.